The topological polar surface area (TPSA) is 66.4 Å². The monoisotopic (exact) mass is 167 g/mol. The first-order chi connectivity index (χ1) is 4.52. The largest absolute Gasteiger partial charge is 0.378 e. The van der Waals surface area contributed by atoms with Crippen molar-refractivity contribution in [1.29, 1.82) is 0 Å². The SMILES string of the molecule is CCC(O)NS(=O)(=O)CC. The number of aliphatic hydroxyl groups excluding tert-OH is 1. The molecule has 0 aliphatic carbocycles. The lowest BCUT2D eigenvalue weighted by Gasteiger charge is -2.08. The predicted molar refractivity (Wildman–Crippen MR) is 38.9 cm³/mol. The van der Waals surface area contributed by atoms with Crippen molar-refractivity contribution in [3.05, 3.63) is 0 Å². The molecule has 0 saturated heterocycles. The quantitative estimate of drug-likeness (QED) is 0.563. The van der Waals surface area contributed by atoms with E-state index >= 15 is 0 Å². The molecule has 62 valence electrons. The Kier molecular flexibility index (Phi) is 3.85. The molecule has 0 saturated carbocycles. The molecule has 2 N–H and O–H groups in total. The minimum atomic E-state index is -3.23. The van der Waals surface area contributed by atoms with Crippen molar-refractivity contribution < 1.29 is 13.5 Å². The second-order valence-electron chi connectivity index (χ2n) is 1.95. The minimum absolute atomic E-state index is 0.00403. The molecule has 10 heavy (non-hydrogen) atoms. The van der Waals surface area contributed by atoms with Crippen LogP contribution in [0.1, 0.15) is 20.3 Å². The van der Waals surface area contributed by atoms with Crippen LogP contribution in [-0.2, 0) is 10.0 Å². The smallest absolute Gasteiger partial charge is 0.213 e. The summed E-state index contributed by atoms with van der Waals surface area (Å²) in [5, 5.41) is 8.83. The van der Waals surface area contributed by atoms with Crippen LogP contribution in [0.15, 0.2) is 0 Å². The molecular formula is C5H13NO3S. The number of hydrogen-bond donors (Lipinski definition) is 2. The molecule has 5 heteroatoms. The van der Waals surface area contributed by atoms with Gasteiger partial charge in [0.2, 0.25) is 10.0 Å². The first-order valence-corrected chi connectivity index (χ1v) is 4.85. The number of sulfonamides is 1. The van der Waals surface area contributed by atoms with Crippen LogP contribution in [0, 0.1) is 0 Å². The van der Waals surface area contributed by atoms with Crippen LogP contribution >= 0.6 is 0 Å². The summed E-state index contributed by atoms with van der Waals surface area (Å²) in [5.74, 6) is 0.00403. The predicted octanol–water partition coefficient (Wildman–Crippen LogP) is -0.346. The van der Waals surface area contributed by atoms with E-state index in [0.717, 1.165) is 0 Å². The molecule has 0 aromatic rings. The van der Waals surface area contributed by atoms with Gasteiger partial charge in [0.05, 0.1) is 5.75 Å². The van der Waals surface area contributed by atoms with Gasteiger partial charge < -0.3 is 5.11 Å². The Bertz CT molecular complexity index is 175. The Morgan fingerprint density at radius 1 is 1.50 bits per heavy atom. The first-order valence-electron chi connectivity index (χ1n) is 3.20. The van der Waals surface area contributed by atoms with Gasteiger partial charge in [-0.05, 0) is 13.3 Å². The molecule has 0 aliphatic heterocycles. The van der Waals surface area contributed by atoms with Crippen LogP contribution in [0.2, 0.25) is 0 Å². The first kappa shape index (κ1) is 9.87. The lowest BCUT2D eigenvalue weighted by Crippen LogP contribution is -2.34. The molecular weight excluding hydrogens is 154 g/mol. The third-order valence-electron chi connectivity index (χ3n) is 1.08. The van der Waals surface area contributed by atoms with E-state index in [-0.39, 0.29) is 5.75 Å². The Morgan fingerprint density at radius 2 is 2.00 bits per heavy atom. The highest BCUT2D eigenvalue weighted by Gasteiger charge is 2.10. The fourth-order valence-electron chi connectivity index (χ4n) is 0.374. The fourth-order valence-corrected chi connectivity index (χ4v) is 1.12. The van der Waals surface area contributed by atoms with Crippen molar-refractivity contribution >= 4 is 10.0 Å². The molecule has 0 radical (unpaired) electrons. The Balaban J connectivity index is 3.90. The van der Waals surface area contributed by atoms with Crippen LogP contribution < -0.4 is 4.72 Å². The van der Waals surface area contributed by atoms with Gasteiger partial charge in [0.25, 0.3) is 0 Å². The van der Waals surface area contributed by atoms with E-state index in [1.165, 1.54) is 6.92 Å². The van der Waals surface area contributed by atoms with E-state index in [9.17, 15) is 8.42 Å². The molecule has 1 unspecified atom stereocenters. The molecule has 0 heterocycles. The normalized spacial score (nSPS) is 15.1. The van der Waals surface area contributed by atoms with E-state index < -0.39 is 16.3 Å². The summed E-state index contributed by atoms with van der Waals surface area (Å²) in [6.45, 7) is 3.22. The van der Waals surface area contributed by atoms with Crippen LogP contribution in [0.4, 0.5) is 0 Å². The summed E-state index contributed by atoms with van der Waals surface area (Å²) < 4.78 is 23.5. The van der Waals surface area contributed by atoms with Crippen molar-refractivity contribution in [2.75, 3.05) is 5.75 Å². The number of rotatable bonds is 4. The van der Waals surface area contributed by atoms with Gasteiger partial charge in [-0.2, -0.15) is 4.72 Å². The van der Waals surface area contributed by atoms with Gasteiger partial charge in [0.1, 0.15) is 6.23 Å². The van der Waals surface area contributed by atoms with Gasteiger partial charge in [-0.15, -0.1) is 0 Å². The highest BCUT2D eigenvalue weighted by atomic mass is 32.2. The molecule has 0 bridgehead atoms. The van der Waals surface area contributed by atoms with Gasteiger partial charge in [-0.1, -0.05) is 6.92 Å². The van der Waals surface area contributed by atoms with Crippen molar-refractivity contribution in [3.8, 4) is 0 Å². The van der Waals surface area contributed by atoms with E-state index in [2.05, 4.69) is 4.72 Å². The number of nitrogens with one attached hydrogen (secondary N) is 1. The van der Waals surface area contributed by atoms with E-state index in [0.29, 0.717) is 6.42 Å². The maximum atomic E-state index is 10.7. The Morgan fingerprint density at radius 3 is 2.30 bits per heavy atom. The van der Waals surface area contributed by atoms with Gasteiger partial charge >= 0.3 is 0 Å². The van der Waals surface area contributed by atoms with E-state index in [1.54, 1.807) is 6.92 Å². The maximum absolute atomic E-state index is 10.7. The second-order valence-corrected chi connectivity index (χ2v) is 3.99. The van der Waals surface area contributed by atoms with Gasteiger partial charge in [-0.3, -0.25) is 0 Å². The molecule has 1 atom stereocenters. The standard InChI is InChI=1S/C5H13NO3S/c1-3-5(7)6-10(8,9)4-2/h5-7H,3-4H2,1-2H3. The Hall–Kier alpha value is -0.130. The van der Waals surface area contributed by atoms with E-state index in [4.69, 9.17) is 5.11 Å². The number of hydrogen-bond acceptors (Lipinski definition) is 3. The van der Waals surface area contributed by atoms with Gasteiger partial charge in [0.15, 0.2) is 0 Å². The summed E-state index contributed by atoms with van der Waals surface area (Å²) >= 11 is 0. The zero-order valence-electron chi connectivity index (χ0n) is 6.16. The third kappa shape index (κ3) is 3.81. The second kappa shape index (κ2) is 3.90. The molecule has 0 amide bonds. The molecule has 4 nitrogen and oxygen atoms in total. The molecule has 0 rings (SSSR count). The average Bonchev–Trinajstić information content (AvgIpc) is 1.87. The lowest BCUT2D eigenvalue weighted by atomic mass is 10.5. The molecule has 0 aliphatic rings. The Labute approximate surface area is 61.3 Å². The summed E-state index contributed by atoms with van der Waals surface area (Å²) in [6, 6.07) is 0. The highest BCUT2D eigenvalue weighted by Crippen LogP contribution is 1.89. The van der Waals surface area contributed by atoms with Crippen LogP contribution in [0.3, 0.4) is 0 Å². The zero-order chi connectivity index (χ0) is 8.20. The minimum Gasteiger partial charge on any atom is -0.378 e. The summed E-state index contributed by atoms with van der Waals surface area (Å²) in [4.78, 5) is 0. The maximum Gasteiger partial charge on any atom is 0.213 e. The van der Waals surface area contributed by atoms with Gasteiger partial charge in [0, 0.05) is 0 Å². The van der Waals surface area contributed by atoms with Crippen molar-refractivity contribution in [3.63, 3.8) is 0 Å². The van der Waals surface area contributed by atoms with Crippen molar-refractivity contribution in [2.24, 2.45) is 0 Å². The molecule has 0 spiro atoms. The molecule has 0 fully saturated rings. The zero-order valence-corrected chi connectivity index (χ0v) is 6.98. The van der Waals surface area contributed by atoms with Crippen LogP contribution in [0.5, 0.6) is 0 Å². The lowest BCUT2D eigenvalue weighted by molar-refractivity contribution is 0.159. The van der Waals surface area contributed by atoms with Crippen LogP contribution in [-0.4, -0.2) is 25.5 Å². The molecule has 0 aromatic heterocycles. The average molecular weight is 167 g/mol. The van der Waals surface area contributed by atoms with Crippen molar-refractivity contribution in [2.45, 2.75) is 26.5 Å². The summed E-state index contributed by atoms with van der Waals surface area (Å²) in [5.41, 5.74) is 0. The van der Waals surface area contributed by atoms with Crippen LogP contribution in [0.25, 0.3) is 0 Å². The third-order valence-corrected chi connectivity index (χ3v) is 2.47. The number of aliphatic hydroxyl groups is 1. The summed E-state index contributed by atoms with van der Waals surface area (Å²) in [7, 11) is -3.23. The molecule has 0 aromatic carbocycles. The summed E-state index contributed by atoms with van der Waals surface area (Å²) in [6.07, 6.45) is -0.552. The highest BCUT2D eigenvalue weighted by molar-refractivity contribution is 7.89. The fraction of sp³-hybridized carbons (Fsp3) is 1.00. The van der Waals surface area contributed by atoms with Gasteiger partial charge in [-0.25, -0.2) is 8.42 Å². The van der Waals surface area contributed by atoms with E-state index in [1.807, 2.05) is 0 Å². The van der Waals surface area contributed by atoms with Crippen molar-refractivity contribution in [1.82, 2.24) is 4.72 Å².